The Labute approximate surface area is 95.5 Å². The van der Waals surface area contributed by atoms with E-state index in [0.29, 0.717) is 12.4 Å². The molecule has 0 radical (unpaired) electrons. The van der Waals surface area contributed by atoms with Gasteiger partial charge in [-0.15, -0.1) is 21.5 Å². The molecule has 6 heteroatoms. The van der Waals surface area contributed by atoms with Gasteiger partial charge in [-0.3, -0.25) is 0 Å². The Morgan fingerprint density at radius 2 is 2.19 bits per heavy atom. The first-order chi connectivity index (χ1) is 7.88. The maximum Gasteiger partial charge on any atom is 0.177 e. The van der Waals surface area contributed by atoms with Gasteiger partial charge in [0.05, 0.1) is 11.4 Å². The average molecular weight is 231 g/mol. The van der Waals surface area contributed by atoms with Gasteiger partial charge < -0.3 is 5.73 Å². The van der Waals surface area contributed by atoms with Crippen LogP contribution in [0.4, 0.5) is 0 Å². The van der Waals surface area contributed by atoms with E-state index in [0.717, 1.165) is 16.2 Å². The highest BCUT2D eigenvalue weighted by Crippen LogP contribution is 2.22. The summed E-state index contributed by atoms with van der Waals surface area (Å²) >= 11 is 1.65. The molecule has 2 N–H and O–H groups in total. The number of rotatable bonds is 2. The molecule has 0 saturated carbocycles. The highest BCUT2D eigenvalue weighted by atomic mass is 32.1. The molecule has 3 heterocycles. The second-order valence-corrected chi connectivity index (χ2v) is 4.23. The third kappa shape index (κ3) is 1.39. The molecule has 0 aromatic carbocycles. The quantitative estimate of drug-likeness (QED) is 0.722. The van der Waals surface area contributed by atoms with Crippen LogP contribution in [0.3, 0.4) is 0 Å². The van der Waals surface area contributed by atoms with Gasteiger partial charge in [-0.2, -0.15) is 9.61 Å². The monoisotopic (exact) mass is 231 g/mol. The van der Waals surface area contributed by atoms with E-state index >= 15 is 0 Å². The van der Waals surface area contributed by atoms with Crippen LogP contribution in [0.2, 0.25) is 0 Å². The van der Waals surface area contributed by atoms with Crippen molar-refractivity contribution in [2.24, 2.45) is 5.73 Å². The fourth-order valence-electron chi connectivity index (χ4n) is 1.52. The maximum atomic E-state index is 5.57. The molecule has 0 unspecified atom stereocenters. The summed E-state index contributed by atoms with van der Waals surface area (Å²) < 4.78 is 1.69. The first kappa shape index (κ1) is 9.44. The Bertz CT molecular complexity index is 613. The topological polar surface area (TPSA) is 69.1 Å². The van der Waals surface area contributed by atoms with Crippen molar-refractivity contribution in [1.29, 1.82) is 0 Å². The molecule has 0 amide bonds. The van der Waals surface area contributed by atoms with E-state index in [4.69, 9.17) is 5.73 Å². The van der Waals surface area contributed by atoms with Gasteiger partial charge >= 0.3 is 0 Å². The second kappa shape index (κ2) is 3.66. The van der Waals surface area contributed by atoms with Gasteiger partial charge in [0, 0.05) is 0 Å². The van der Waals surface area contributed by atoms with Crippen LogP contribution in [0.25, 0.3) is 16.2 Å². The van der Waals surface area contributed by atoms with Crippen molar-refractivity contribution >= 4 is 17.0 Å². The molecule has 0 aliphatic rings. The zero-order chi connectivity index (χ0) is 11.0. The zero-order valence-electron chi connectivity index (χ0n) is 8.37. The van der Waals surface area contributed by atoms with Crippen LogP contribution in [-0.4, -0.2) is 19.8 Å². The Hall–Kier alpha value is -1.79. The van der Waals surface area contributed by atoms with Crippen molar-refractivity contribution in [1.82, 2.24) is 19.8 Å². The predicted molar refractivity (Wildman–Crippen MR) is 62.0 cm³/mol. The van der Waals surface area contributed by atoms with Crippen LogP contribution >= 0.6 is 11.3 Å². The van der Waals surface area contributed by atoms with Gasteiger partial charge in [0.25, 0.3) is 0 Å². The van der Waals surface area contributed by atoms with E-state index < -0.39 is 0 Å². The first-order valence-electron chi connectivity index (χ1n) is 4.84. The molecule has 3 aromatic rings. The van der Waals surface area contributed by atoms with E-state index in [9.17, 15) is 0 Å². The zero-order valence-corrected chi connectivity index (χ0v) is 9.18. The van der Waals surface area contributed by atoms with Crippen molar-refractivity contribution in [2.75, 3.05) is 0 Å². The molecule has 3 aromatic heterocycles. The summed E-state index contributed by atoms with van der Waals surface area (Å²) in [6.07, 6.45) is 0. The maximum absolute atomic E-state index is 5.57. The Morgan fingerprint density at radius 3 is 2.94 bits per heavy atom. The Balaban J connectivity index is 2.21. The lowest BCUT2D eigenvalue weighted by atomic mass is 10.3. The lowest BCUT2D eigenvalue weighted by Crippen LogP contribution is -2.05. The molecule has 0 fully saturated rings. The number of hydrogen-bond acceptors (Lipinski definition) is 5. The number of aromatic nitrogens is 4. The first-order valence-corrected chi connectivity index (χ1v) is 5.72. The van der Waals surface area contributed by atoms with E-state index in [1.54, 1.807) is 15.9 Å². The number of thiophene rings is 1. The van der Waals surface area contributed by atoms with Crippen molar-refractivity contribution in [3.63, 3.8) is 0 Å². The highest BCUT2D eigenvalue weighted by Gasteiger charge is 2.07. The van der Waals surface area contributed by atoms with Crippen molar-refractivity contribution < 1.29 is 0 Å². The average Bonchev–Trinajstić information content (AvgIpc) is 2.97. The second-order valence-electron chi connectivity index (χ2n) is 3.29. The molecule has 80 valence electrons. The van der Waals surface area contributed by atoms with E-state index in [-0.39, 0.29) is 0 Å². The van der Waals surface area contributed by atoms with E-state index in [2.05, 4.69) is 15.3 Å². The molecule has 0 bridgehead atoms. The molecule has 16 heavy (non-hydrogen) atoms. The minimum atomic E-state index is 0.335. The number of hydrogen-bond donors (Lipinski definition) is 1. The minimum Gasteiger partial charge on any atom is -0.324 e. The van der Waals surface area contributed by atoms with Crippen LogP contribution in [0.1, 0.15) is 5.82 Å². The van der Waals surface area contributed by atoms with Crippen molar-refractivity contribution in [3.8, 4) is 10.6 Å². The molecular weight excluding hydrogens is 222 g/mol. The molecule has 0 aliphatic carbocycles. The summed E-state index contributed by atoms with van der Waals surface area (Å²) in [7, 11) is 0. The third-order valence-corrected chi connectivity index (χ3v) is 3.18. The summed E-state index contributed by atoms with van der Waals surface area (Å²) in [4.78, 5) is 1.12. The smallest absolute Gasteiger partial charge is 0.177 e. The molecule has 0 atom stereocenters. The van der Waals surface area contributed by atoms with Crippen LogP contribution in [0.5, 0.6) is 0 Å². The fourth-order valence-corrected chi connectivity index (χ4v) is 2.21. The van der Waals surface area contributed by atoms with Crippen molar-refractivity contribution in [2.45, 2.75) is 6.54 Å². The number of fused-ring (bicyclic) bond motifs is 1. The Kier molecular flexibility index (Phi) is 2.16. The van der Waals surface area contributed by atoms with Crippen LogP contribution < -0.4 is 5.73 Å². The normalized spacial score (nSPS) is 11.1. The van der Waals surface area contributed by atoms with Gasteiger partial charge in [0.2, 0.25) is 0 Å². The standard InChI is InChI=1S/C10H9N5S/c11-6-10-13-12-9-4-3-7(14-15(9)10)8-2-1-5-16-8/h1-5H,6,11H2. The number of nitrogens with two attached hydrogens (primary N) is 1. The fraction of sp³-hybridized carbons (Fsp3) is 0.100. The third-order valence-electron chi connectivity index (χ3n) is 2.28. The number of nitrogens with zero attached hydrogens (tertiary/aromatic N) is 4. The van der Waals surface area contributed by atoms with Gasteiger partial charge in [0.15, 0.2) is 11.5 Å². The van der Waals surface area contributed by atoms with Crippen molar-refractivity contribution in [3.05, 3.63) is 35.5 Å². The lowest BCUT2D eigenvalue weighted by Gasteiger charge is -1.99. The molecular formula is C10H9N5S. The molecule has 3 rings (SSSR count). The predicted octanol–water partition coefficient (Wildman–Crippen LogP) is 1.31. The van der Waals surface area contributed by atoms with Gasteiger partial charge in [-0.1, -0.05) is 6.07 Å². The molecule has 0 spiro atoms. The van der Waals surface area contributed by atoms with Gasteiger partial charge in [0.1, 0.15) is 5.69 Å². The largest absolute Gasteiger partial charge is 0.324 e. The van der Waals surface area contributed by atoms with Crippen LogP contribution in [-0.2, 0) is 6.54 Å². The van der Waals surface area contributed by atoms with Gasteiger partial charge in [-0.05, 0) is 23.6 Å². The van der Waals surface area contributed by atoms with E-state index in [1.807, 2.05) is 29.6 Å². The minimum absolute atomic E-state index is 0.335. The Morgan fingerprint density at radius 1 is 1.25 bits per heavy atom. The highest BCUT2D eigenvalue weighted by molar-refractivity contribution is 7.13. The lowest BCUT2D eigenvalue weighted by molar-refractivity contribution is 0.812. The summed E-state index contributed by atoms with van der Waals surface area (Å²) in [5.41, 5.74) is 7.21. The summed E-state index contributed by atoms with van der Waals surface area (Å²) in [6, 6.07) is 7.87. The van der Waals surface area contributed by atoms with E-state index in [1.165, 1.54) is 0 Å². The van der Waals surface area contributed by atoms with Crippen LogP contribution in [0.15, 0.2) is 29.6 Å². The molecule has 0 saturated heterocycles. The summed E-state index contributed by atoms with van der Waals surface area (Å²) in [6.45, 7) is 0.335. The summed E-state index contributed by atoms with van der Waals surface area (Å²) in [5, 5.41) is 14.4. The molecule has 5 nitrogen and oxygen atoms in total. The summed E-state index contributed by atoms with van der Waals surface area (Å²) in [5.74, 6) is 0.674. The van der Waals surface area contributed by atoms with Crippen LogP contribution in [0, 0.1) is 0 Å². The van der Waals surface area contributed by atoms with Gasteiger partial charge in [-0.25, -0.2) is 0 Å². The SMILES string of the molecule is NCc1nnc2ccc(-c3cccs3)nn12. The molecule has 0 aliphatic heterocycles.